The van der Waals surface area contributed by atoms with Gasteiger partial charge < -0.3 is 54.9 Å². The Kier molecular flexibility index (Phi) is 23.8. The fourth-order valence-corrected chi connectivity index (χ4v) is 10.2. The standard InChI is InChI=1S/C56H85N7O15/c1-14-33(8)46-44(65)28-45(66)78-48(32(6)7)47(67)34(9)49(68)57-38(25-30(2)3)53(72)63-24-16-18-41(63)55(74)61(12)43(27-36-19-21-37(76-13)22-20-36)56(75)77-29-39(50(69)59-46)58-51(70)42(26-31(4)5)60(11)54(73)40-17-15-23-62(40)52(71)35(10)64/h19-22,30-34,38-44,46,48,65H,14-18,23-29H2,1-13H3,(H,57,68)(H,58,70)(H,59,69)/t33-,34-,38-,39-,40?,41-,42+,43-,44-,46+,48-/m0/s1. The number of esters is 2. The molecule has 22 nitrogen and oxygen atoms in total. The average molecular weight is 1100 g/mol. The first-order valence-electron chi connectivity index (χ1n) is 27.4. The number of amides is 7. The normalized spacial score (nSPS) is 26.4. The zero-order valence-electron chi connectivity index (χ0n) is 47.8. The van der Waals surface area contributed by atoms with Crippen LogP contribution in [0.1, 0.15) is 126 Å². The lowest BCUT2D eigenvalue weighted by Gasteiger charge is -2.35. The van der Waals surface area contributed by atoms with E-state index in [2.05, 4.69) is 16.0 Å². The summed E-state index contributed by atoms with van der Waals surface area (Å²) in [6, 6.07) is -2.24. The van der Waals surface area contributed by atoms with Crippen LogP contribution in [0.3, 0.4) is 0 Å². The molecule has 0 radical (unpaired) electrons. The van der Waals surface area contributed by atoms with E-state index in [4.69, 9.17) is 14.2 Å². The third-order valence-electron chi connectivity index (χ3n) is 15.1. The van der Waals surface area contributed by atoms with Gasteiger partial charge >= 0.3 is 11.9 Å². The summed E-state index contributed by atoms with van der Waals surface area (Å²) in [6.45, 7) is 15.9. The number of fused-ring (bicyclic) bond motifs is 1. The molecule has 0 saturated carbocycles. The number of nitrogens with one attached hydrogen (secondary N) is 3. The number of ketones is 2. The van der Waals surface area contributed by atoms with Crippen LogP contribution < -0.4 is 20.7 Å². The summed E-state index contributed by atoms with van der Waals surface area (Å²) >= 11 is 0. The number of aliphatic hydroxyl groups excluding tert-OH is 1. The van der Waals surface area contributed by atoms with Crippen molar-refractivity contribution in [2.45, 2.75) is 182 Å². The van der Waals surface area contributed by atoms with Gasteiger partial charge in [0.25, 0.3) is 5.91 Å². The first kappa shape index (κ1) is 64.1. The second-order valence-corrected chi connectivity index (χ2v) is 22.4. The number of carbonyl (C=O) groups excluding carboxylic acids is 11. The molecule has 434 valence electrons. The van der Waals surface area contributed by atoms with Crippen molar-refractivity contribution in [1.82, 2.24) is 35.6 Å². The number of benzene rings is 1. The van der Waals surface area contributed by atoms with E-state index in [9.17, 15) is 57.8 Å². The molecule has 1 aromatic rings. The third kappa shape index (κ3) is 16.5. The molecule has 4 N–H and O–H groups in total. The van der Waals surface area contributed by atoms with Crippen LogP contribution in [0, 0.1) is 29.6 Å². The largest absolute Gasteiger partial charge is 0.497 e. The van der Waals surface area contributed by atoms with E-state index in [0.29, 0.717) is 30.6 Å². The van der Waals surface area contributed by atoms with Crippen LogP contribution in [0.5, 0.6) is 5.75 Å². The van der Waals surface area contributed by atoms with E-state index < -0.39 is 150 Å². The highest BCUT2D eigenvalue weighted by Crippen LogP contribution is 2.27. The Hall–Kier alpha value is -6.45. The van der Waals surface area contributed by atoms with Crippen molar-refractivity contribution in [3.63, 3.8) is 0 Å². The Morgan fingerprint density at radius 2 is 1.53 bits per heavy atom. The van der Waals surface area contributed by atoms with Gasteiger partial charge in [-0.2, -0.15) is 0 Å². The number of likely N-dealkylation sites (tertiary alicyclic amines) is 1. The number of hydrogen-bond acceptors (Lipinski definition) is 15. The van der Waals surface area contributed by atoms with Gasteiger partial charge in [-0.3, -0.25) is 47.9 Å². The van der Waals surface area contributed by atoms with Crippen molar-refractivity contribution in [1.29, 1.82) is 0 Å². The molecule has 1 aromatic carbocycles. The van der Waals surface area contributed by atoms with Gasteiger partial charge in [-0.25, -0.2) is 4.79 Å². The van der Waals surface area contributed by atoms with Gasteiger partial charge in [0.05, 0.1) is 31.6 Å². The van der Waals surface area contributed by atoms with E-state index >= 15 is 0 Å². The minimum absolute atomic E-state index is 0.0600. The van der Waals surface area contributed by atoms with E-state index in [1.165, 1.54) is 47.7 Å². The predicted molar refractivity (Wildman–Crippen MR) is 285 cm³/mol. The molecule has 0 aliphatic carbocycles. The number of rotatable bonds is 15. The lowest BCUT2D eigenvalue weighted by atomic mass is 9.91. The summed E-state index contributed by atoms with van der Waals surface area (Å²) < 4.78 is 17.0. The summed E-state index contributed by atoms with van der Waals surface area (Å²) in [5, 5.41) is 19.9. The topological polar surface area (TPSA) is 285 Å². The van der Waals surface area contributed by atoms with Crippen LogP contribution in [-0.4, -0.2) is 185 Å². The van der Waals surface area contributed by atoms with E-state index in [0.717, 1.165) is 6.92 Å². The molecular weight excluding hydrogens is 1010 g/mol. The van der Waals surface area contributed by atoms with Crippen LogP contribution >= 0.6 is 0 Å². The molecule has 78 heavy (non-hydrogen) atoms. The van der Waals surface area contributed by atoms with Crippen molar-refractivity contribution in [3.05, 3.63) is 29.8 Å². The van der Waals surface area contributed by atoms with Gasteiger partial charge in [0.15, 0.2) is 11.9 Å². The molecule has 3 aliphatic rings. The molecule has 3 fully saturated rings. The molecule has 0 bridgehead atoms. The first-order chi connectivity index (χ1) is 36.6. The molecular formula is C56H85N7O15. The number of aliphatic hydroxyl groups is 1. The minimum Gasteiger partial charge on any atom is -0.497 e. The Morgan fingerprint density at radius 1 is 0.885 bits per heavy atom. The molecule has 3 heterocycles. The van der Waals surface area contributed by atoms with Crippen LogP contribution in [0.4, 0.5) is 0 Å². The van der Waals surface area contributed by atoms with Crippen LogP contribution in [0.2, 0.25) is 0 Å². The number of carbonyl (C=O) groups is 11. The Labute approximate surface area is 458 Å². The number of methoxy groups -OCH3 is 1. The number of cyclic esters (lactones) is 2. The molecule has 4 rings (SSSR count). The van der Waals surface area contributed by atoms with Gasteiger partial charge in [-0.15, -0.1) is 0 Å². The summed E-state index contributed by atoms with van der Waals surface area (Å²) in [4.78, 5) is 159. The summed E-state index contributed by atoms with van der Waals surface area (Å²) in [5.74, 6) is -11.3. The Morgan fingerprint density at radius 3 is 2.10 bits per heavy atom. The maximum absolute atomic E-state index is 14.8. The Balaban J connectivity index is 1.86. The highest BCUT2D eigenvalue weighted by Gasteiger charge is 2.45. The van der Waals surface area contributed by atoms with Crippen LogP contribution in [0.15, 0.2) is 24.3 Å². The Bertz CT molecular complexity index is 2340. The monoisotopic (exact) mass is 1100 g/mol. The zero-order valence-corrected chi connectivity index (χ0v) is 47.8. The second kappa shape index (κ2) is 29.0. The van der Waals surface area contributed by atoms with Gasteiger partial charge in [-0.1, -0.05) is 73.9 Å². The summed E-state index contributed by atoms with van der Waals surface area (Å²) in [7, 11) is 4.25. The fourth-order valence-electron chi connectivity index (χ4n) is 10.2. The van der Waals surface area contributed by atoms with Crippen molar-refractivity contribution in [2.24, 2.45) is 29.6 Å². The smallest absolute Gasteiger partial charge is 0.329 e. The second-order valence-electron chi connectivity index (χ2n) is 22.4. The molecule has 3 aliphatic heterocycles. The summed E-state index contributed by atoms with van der Waals surface area (Å²) in [6.07, 6.45) is -2.16. The van der Waals surface area contributed by atoms with Gasteiger partial charge in [0.2, 0.25) is 41.2 Å². The zero-order chi connectivity index (χ0) is 58.5. The molecule has 0 aromatic heterocycles. The van der Waals surface area contributed by atoms with Crippen LogP contribution in [0.25, 0.3) is 0 Å². The lowest BCUT2D eigenvalue weighted by molar-refractivity contribution is -0.162. The average Bonchev–Trinajstić information content (AvgIpc) is 4.10. The molecule has 7 amide bonds. The highest BCUT2D eigenvalue weighted by atomic mass is 16.5. The molecule has 22 heteroatoms. The van der Waals surface area contributed by atoms with Crippen molar-refractivity contribution in [2.75, 3.05) is 40.9 Å². The van der Waals surface area contributed by atoms with E-state index in [-0.39, 0.29) is 57.0 Å². The van der Waals surface area contributed by atoms with Gasteiger partial charge in [-0.05, 0) is 86.8 Å². The quantitative estimate of drug-likeness (QED) is 0.111. The molecule has 1 unspecified atom stereocenters. The van der Waals surface area contributed by atoms with Crippen molar-refractivity contribution in [3.8, 4) is 5.75 Å². The molecule has 0 spiro atoms. The summed E-state index contributed by atoms with van der Waals surface area (Å²) in [5.41, 5.74) is 0.568. The number of nitrogens with zero attached hydrogens (tertiary/aromatic N) is 4. The van der Waals surface area contributed by atoms with Gasteiger partial charge in [0, 0.05) is 40.5 Å². The highest BCUT2D eigenvalue weighted by molar-refractivity contribution is 6.35. The van der Waals surface area contributed by atoms with Crippen molar-refractivity contribution < 1.29 is 72.1 Å². The number of ether oxygens (including phenoxy) is 3. The lowest BCUT2D eigenvalue weighted by Crippen LogP contribution is -2.60. The molecule has 11 atom stereocenters. The number of hydrogen-bond donors (Lipinski definition) is 4. The van der Waals surface area contributed by atoms with E-state index in [1.54, 1.807) is 52.0 Å². The number of Topliss-reactive ketones (excluding diaryl/α,β-unsaturated/α-hetero) is 2. The number of likely N-dealkylation sites (N-methyl/N-ethyl adjacent to an activating group) is 2. The predicted octanol–water partition coefficient (Wildman–Crippen LogP) is 2.14. The van der Waals surface area contributed by atoms with Crippen molar-refractivity contribution >= 4 is 64.9 Å². The maximum atomic E-state index is 14.8. The first-order valence-corrected chi connectivity index (χ1v) is 27.4. The van der Waals surface area contributed by atoms with Gasteiger partial charge in [0.1, 0.15) is 48.6 Å². The SMILES string of the molecule is CC[C@H](C)[C@H]1NC(=O)[C@@H](NC(=O)[C@@H](CC(C)C)N(C)C(=O)C2CCCN2C(=O)C(C)=O)COC(=O)[C@H](Cc2ccc(OC)cc2)N(C)C(=O)[C@@H]2CCCN2C(=O)[C@H](CC(C)C)NC(=O)[C@@H](C)C(=O)[C@H](C(C)C)OC(=O)C[C@@H]1O. The third-order valence-corrected chi connectivity index (χ3v) is 15.1. The van der Waals surface area contributed by atoms with E-state index in [1.807, 2.05) is 27.7 Å². The molecule has 3 saturated heterocycles. The van der Waals surface area contributed by atoms with Crippen LogP contribution in [-0.2, 0) is 68.6 Å². The maximum Gasteiger partial charge on any atom is 0.329 e. The fraction of sp³-hybridized carbons (Fsp3) is 0.696. The minimum atomic E-state index is -1.74.